The molecule has 2 heterocycles. The van der Waals surface area contributed by atoms with Gasteiger partial charge in [-0.05, 0) is 48.6 Å². The molecule has 0 aromatic carbocycles. The maximum Gasteiger partial charge on any atom is 0.226 e. The van der Waals surface area contributed by atoms with Crippen molar-refractivity contribution in [3.8, 4) is 12.3 Å². The van der Waals surface area contributed by atoms with Crippen molar-refractivity contribution < 1.29 is 9.90 Å². The Kier molecular flexibility index (Phi) is 7.30. The third-order valence-electron chi connectivity index (χ3n) is 8.04. The van der Waals surface area contributed by atoms with Gasteiger partial charge in [0.1, 0.15) is 0 Å². The summed E-state index contributed by atoms with van der Waals surface area (Å²) in [5.74, 6) is 2.45. The highest BCUT2D eigenvalue weighted by Crippen LogP contribution is 2.57. The van der Waals surface area contributed by atoms with Crippen molar-refractivity contribution in [2.75, 3.05) is 25.5 Å². The van der Waals surface area contributed by atoms with Gasteiger partial charge < -0.3 is 15.3 Å². The van der Waals surface area contributed by atoms with Gasteiger partial charge in [-0.2, -0.15) is 0 Å². The second-order valence-corrected chi connectivity index (χ2v) is 11.4. The summed E-state index contributed by atoms with van der Waals surface area (Å²) in [7, 11) is 1.74. The van der Waals surface area contributed by atoms with E-state index in [4.69, 9.17) is 11.4 Å². The van der Waals surface area contributed by atoms with Crippen LogP contribution in [0.5, 0.6) is 0 Å². The highest BCUT2D eigenvalue weighted by Gasteiger charge is 2.54. The molecule has 2 aliphatic rings. The first-order valence-corrected chi connectivity index (χ1v) is 13.1. The zero-order valence-electron chi connectivity index (χ0n) is 20.6. The number of nitrogens with one attached hydrogen (secondary N) is 1. The maximum atomic E-state index is 12.9. The molecule has 1 fully saturated rings. The lowest BCUT2D eigenvalue weighted by Crippen LogP contribution is -2.53. The van der Waals surface area contributed by atoms with Crippen molar-refractivity contribution in [1.82, 2.24) is 14.9 Å². The molecule has 1 saturated carbocycles. The fourth-order valence-electron chi connectivity index (χ4n) is 6.21. The van der Waals surface area contributed by atoms with Gasteiger partial charge in [-0.1, -0.05) is 32.8 Å². The SMILES string of the molecule is C#CCN(C)C(=O)[C@@H](C)C1CC[C@@]2(C)Cc3sc(NCCc4ccccn4)nc3[C@@H](C)[C@@H]2[C@H]1O. The van der Waals surface area contributed by atoms with Crippen LogP contribution in [-0.2, 0) is 17.6 Å². The van der Waals surface area contributed by atoms with Gasteiger partial charge in [0.05, 0.1) is 18.3 Å². The standard InChI is InChI=1S/C27H36N4O2S/c1-6-15-31(5)25(33)17(2)20-10-12-27(4)16-21-23(18(3)22(27)24(20)32)30-26(34-21)29-14-11-19-9-7-8-13-28-19/h1,7-9,13,17-18,20,22,24,32H,10-12,14-16H2,2-5H3,(H,29,30)/t17-,18-,20?,22+,24-,27-/m0/s1. The fraction of sp³-hybridized carbons (Fsp3) is 0.593. The van der Waals surface area contributed by atoms with E-state index in [1.807, 2.05) is 31.3 Å². The average molecular weight is 481 g/mol. The van der Waals surface area contributed by atoms with Crippen LogP contribution in [-0.4, -0.2) is 52.1 Å². The van der Waals surface area contributed by atoms with Gasteiger partial charge in [-0.15, -0.1) is 17.8 Å². The van der Waals surface area contributed by atoms with Crippen LogP contribution in [0.3, 0.4) is 0 Å². The molecule has 1 unspecified atom stereocenters. The number of aliphatic hydroxyl groups is 1. The van der Waals surface area contributed by atoms with Crippen LogP contribution >= 0.6 is 11.3 Å². The first kappa shape index (κ1) is 24.7. The highest BCUT2D eigenvalue weighted by atomic mass is 32.1. The Labute approximate surface area is 207 Å². The summed E-state index contributed by atoms with van der Waals surface area (Å²) in [4.78, 5) is 25.2. The summed E-state index contributed by atoms with van der Waals surface area (Å²) in [6.45, 7) is 7.52. The van der Waals surface area contributed by atoms with E-state index in [-0.39, 0.29) is 35.0 Å². The Morgan fingerprint density at radius 2 is 2.26 bits per heavy atom. The minimum Gasteiger partial charge on any atom is -0.392 e. The molecule has 1 amide bonds. The summed E-state index contributed by atoms with van der Waals surface area (Å²) in [6, 6.07) is 5.98. The molecule has 2 aliphatic carbocycles. The van der Waals surface area contributed by atoms with Crippen molar-refractivity contribution in [2.24, 2.45) is 23.2 Å². The number of fused-ring (bicyclic) bond motifs is 2. The molecule has 0 radical (unpaired) electrons. The molecule has 7 heteroatoms. The predicted octanol–water partition coefficient (Wildman–Crippen LogP) is 3.97. The van der Waals surface area contributed by atoms with Gasteiger partial charge >= 0.3 is 0 Å². The lowest BCUT2D eigenvalue weighted by atomic mass is 9.53. The zero-order valence-corrected chi connectivity index (χ0v) is 21.4. The number of amides is 1. The van der Waals surface area contributed by atoms with Gasteiger partial charge in [0.25, 0.3) is 0 Å². The average Bonchev–Trinajstić information content (AvgIpc) is 3.21. The molecule has 6 nitrogen and oxygen atoms in total. The van der Waals surface area contributed by atoms with E-state index in [0.717, 1.165) is 48.7 Å². The second kappa shape index (κ2) is 10.1. The number of aromatic nitrogens is 2. The van der Waals surface area contributed by atoms with E-state index >= 15 is 0 Å². The minimum atomic E-state index is -0.539. The summed E-state index contributed by atoms with van der Waals surface area (Å²) >= 11 is 1.75. The first-order chi connectivity index (χ1) is 16.2. The smallest absolute Gasteiger partial charge is 0.226 e. The van der Waals surface area contributed by atoms with Crippen LogP contribution in [0.4, 0.5) is 5.13 Å². The van der Waals surface area contributed by atoms with Crippen molar-refractivity contribution in [2.45, 2.75) is 58.5 Å². The lowest BCUT2D eigenvalue weighted by molar-refractivity contribution is -0.142. The highest BCUT2D eigenvalue weighted by molar-refractivity contribution is 7.15. The molecule has 0 saturated heterocycles. The zero-order chi connectivity index (χ0) is 24.5. The van der Waals surface area contributed by atoms with E-state index in [1.54, 1.807) is 23.3 Å². The Balaban J connectivity index is 1.47. The summed E-state index contributed by atoms with van der Waals surface area (Å²) in [5.41, 5.74) is 2.18. The topological polar surface area (TPSA) is 78.4 Å². The van der Waals surface area contributed by atoms with E-state index in [1.165, 1.54) is 4.88 Å². The molecule has 4 rings (SSSR count). The second-order valence-electron chi connectivity index (χ2n) is 10.4. The van der Waals surface area contributed by atoms with Crippen molar-refractivity contribution in [3.63, 3.8) is 0 Å². The molecule has 0 bridgehead atoms. The number of anilines is 1. The summed E-state index contributed by atoms with van der Waals surface area (Å²) < 4.78 is 0. The number of nitrogens with zero attached hydrogens (tertiary/aromatic N) is 3. The van der Waals surface area contributed by atoms with Crippen LogP contribution < -0.4 is 5.32 Å². The van der Waals surface area contributed by atoms with Crippen LogP contribution in [0.25, 0.3) is 0 Å². The van der Waals surface area contributed by atoms with Gasteiger partial charge in [-0.3, -0.25) is 9.78 Å². The third kappa shape index (κ3) is 4.71. The molecule has 0 aliphatic heterocycles. The Bertz CT molecular complexity index is 1050. The molecule has 34 heavy (non-hydrogen) atoms. The number of thiazole rings is 1. The summed E-state index contributed by atoms with van der Waals surface area (Å²) in [5, 5.41) is 16.0. The van der Waals surface area contributed by atoms with Crippen molar-refractivity contribution in [1.29, 1.82) is 0 Å². The summed E-state index contributed by atoms with van der Waals surface area (Å²) in [6.07, 6.45) is 10.3. The number of hydrogen-bond acceptors (Lipinski definition) is 6. The monoisotopic (exact) mass is 480 g/mol. The molecular weight excluding hydrogens is 444 g/mol. The van der Waals surface area contributed by atoms with E-state index < -0.39 is 6.10 Å². The van der Waals surface area contributed by atoms with Gasteiger partial charge in [0.15, 0.2) is 5.13 Å². The van der Waals surface area contributed by atoms with Gasteiger partial charge in [0.2, 0.25) is 5.91 Å². The number of aliphatic hydroxyl groups excluding tert-OH is 1. The van der Waals surface area contributed by atoms with Gasteiger partial charge in [-0.25, -0.2) is 4.98 Å². The van der Waals surface area contributed by atoms with Crippen LogP contribution in [0.15, 0.2) is 24.4 Å². The third-order valence-corrected chi connectivity index (χ3v) is 9.07. The van der Waals surface area contributed by atoms with Crippen molar-refractivity contribution in [3.05, 3.63) is 40.7 Å². The molecule has 0 spiro atoms. The predicted molar refractivity (Wildman–Crippen MR) is 137 cm³/mol. The molecule has 6 atom stereocenters. The molecule has 2 N–H and O–H groups in total. The number of carbonyl (C=O) groups excluding carboxylic acids is 1. The lowest BCUT2D eigenvalue weighted by Gasteiger charge is -2.53. The number of hydrogen-bond donors (Lipinski definition) is 2. The largest absolute Gasteiger partial charge is 0.392 e. The normalized spacial score (nSPS) is 28.8. The maximum absolute atomic E-state index is 12.9. The minimum absolute atomic E-state index is 0.00752. The van der Waals surface area contributed by atoms with E-state index in [9.17, 15) is 9.90 Å². The number of rotatable bonds is 7. The van der Waals surface area contributed by atoms with E-state index in [2.05, 4.69) is 30.1 Å². The van der Waals surface area contributed by atoms with Gasteiger partial charge in [0, 0.05) is 48.6 Å². The Hall–Kier alpha value is -2.43. The molecule has 182 valence electrons. The fourth-order valence-corrected chi connectivity index (χ4v) is 7.50. The van der Waals surface area contributed by atoms with Crippen LogP contribution in [0.1, 0.15) is 55.8 Å². The van der Waals surface area contributed by atoms with Crippen LogP contribution in [0.2, 0.25) is 0 Å². The van der Waals surface area contributed by atoms with Crippen LogP contribution in [0, 0.1) is 35.5 Å². The number of terminal acetylenes is 1. The molecular formula is C27H36N4O2S. The van der Waals surface area contributed by atoms with E-state index in [0.29, 0.717) is 6.54 Å². The molecule has 2 aromatic heterocycles. The Morgan fingerprint density at radius 1 is 1.47 bits per heavy atom. The quantitative estimate of drug-likeness (QED) is 0.586. The number of carbonyl (C=O) groups is 1. The molecule has 2 aromatic rings. The number of pyridine rings is 1. The Morgan fingerprint density at radius 3 is 2.97 bits per heavy atom. The first-order valence-electron chi connectivity index (χ1n) is 12.2. The van der Waals surface area contributed by atoms with Crippen molar-refractivity contribution >= 4 is 22.4 Å².